The van der Waals surface area contributed by atoms with Gasteiger partial charge in [-0.15, -0.1) is 0 Å². The van der Waals surface area contributed by atoms with Gasteiger partial charge in [-0.25, -0.2) is 22.3 Å². The molecule has 1 aliphatic rings. The predicted octanol–water partition coefficient (Wildman–Crippen LogP) is 4.51. The molecule has 1 atom stereocenters. The minimum Gasteiger partial charge on any atom is -0.326 e. The monoisotopic (exact) mass is 544 g/mol. The zero-order valence-corrected chi connectivity index (χ0v) is 21.6. The van der Waals surface area contributed by atoms with E-state index in [-0.39, 0.29) is 12.2 Å². The third kappa shape index (κ3) is 6.85. The number of hydrogen-bond donors (Lipinski definition) is 3. The van der Waals surface area contributed by atoms with Crippen LogP contribution >= 0.6 is 11.6 Å². The third-order valence-corrected chi connectivity index (χ3v) is 6.86. The maximum absolute atomic E-state index is 15.3. The molecule has 194 valence electrons. The van der Waals surface area contributed by atoms with Crippen LogP contribution in [0.3, 0.4) is 0 Å². The molecule has 1 aliphatic heterocycles. The van der Waals surface area contributed by atoms with Crippen molar-refractivity contribution >= 4 is 44.9 Å². The Labute approximate surface area is 219 Å². The van der Waals surface area contributed by atoms with Crippen molar-refractivity contribution in [2.45, 2.75) is 25.4 Å². The molecule has 0 saturated carbocycles. The first kappa shape index (κ1) is 26.6. The van der Waals surface area contributed by atoms with Gasteiger partial charge in [-0.05, 0) is 65.9 Å². The maximum atomic E-state index is 15.3. The average Bonchev–Trinajstić information content (AvgIpc) is 2.85. The van der Waals surface area contributed by atoms with Crippen LogP contribution in [0.25, 0.3) is 11.1 Å². The number of carbonyl (C=O) groups excluding carboxylic acids is 2. The van der Waals surface area contributed by atoms with Crippen molar-refractivity contribution in [2.75, 3.05) is 23.0 Å². The summed E-state index contributed by atoms with van der Waals surface area (Å²) in [6.45, 7) is 0.384. The number of rotatable bonds is 7. The van der Waals surface area contributed by atoms with Crippen molar-refractivity contribution in [1.29, 1.82) is 0 Å². The van der Waals surface area contributed by atoms with Crippen LogP contribution in [-0.2, 0) is 21.4 Å². The van der Waals surface area contributed by atoms with E-state index in [9.17, 15) is 18.0 Å². The van der Waals surface area contributed by atoms with Gasteiger partial charge in [0, 0.05) is 23.8 Å². The van der Waals surface area contributed by atoms with Gasteiger partial charge in [-0.1, -0.05) is 41.9 Å². The van der Waals surface area contributed by atoms with Crippen molar-refractivity contribution in [3.05, 3.63) is 83.1 Å². The molecule has 1 heterocycles. The number of halogens is 2. The fourth-order valence-corrected chi connectivity index (χ4v) is 4.71. The summed E-state index contributed by atoms with van der Waals surface area (Å²) in [4.78, 5) is 26.9. The zero-order valence-electron chi connectivity index (χ0n) is 20.0. The number of piperidine rings is 1. The first-order chi connectivity index (χ1) is 17.6. The molecule has 11 heteroatoms. The normalized spacial score (nSPS) is 15.9. The van der Waals surface area contributed by atoms with Crippen molar-refractivity contribution in [3.63, 3.8) is 0 Å². The summed E-state index contributed by atoms with van der Waals surface area (Å²) in [5.74, 6) is -0.995. The molecule has 1 fully saturated rings. The van der Waals surface area contributed by atoms with Crippen LogP contribution in [-0.4, -0.2) is 39.2 Å². The Morgan fingerprint density at radius 1 is 1.11 bits per heavy atom. The van der Waals surface area contributed by atoms with E-state index < -0.39 is 33.8 Å². The van der Waals surface area contributed by atoms with E-state index in [4.69, 9.17) is 11.6 Å². The molecule has 0 bridgehead atoms. The molecule has 0 spiro atoms. The number of anilines is 2. The lowest BCUT2D eigenvalue weighted by atomic mass is 9.98. The lowest BCUT2D eigenvalue weighted by molar-refractivity contribution is -0.121. The number of hydrogen-bond acceptors (Lipinski definition) is 4. The largest absolute Gasteiger partial charge is 0.326 e. The summed E-state index contributed by atoms with van der Waals surface area (Å²) in [5.41, 5.74) is 2.55. The Balaban J connectivity index is 1.48. The second-order valence-corrected chi connectivity index (χ2v) is 11.0. The van der Waals surface area contributed by atoms with Gasteiger partial charge >= 0.3 is 6.03 Å². The second-order valence-electron chi connectivity index (χ2n) is 8.71. The SMILES string of the molecule is CS(=O)(=O)NCc1ccccc1-c1ccc(N2CCC[C@@H](NC(=O)Nc3ccc(Cl)cc3)C2=O)c(F)c1. The number of nitrogens with zero attached hydrogens (tertiary/aromatic N) is 1. The molecule has 3 N–H and O–H groups in total. The van der Waals surface area contributed by atoms with E-state index in [1.807, 2.05) is 0 Å². The summed E-state index contributed by atoms with van der Waals surface area (Å²) in [7, 11) is -3.40. The van der Waals surface area contributed by atoms with Gasteiger partial charge in [-0.3, -0.25) is 4.79 Å². The Kier molecular flexibility index (Phi) is 8.11. The smallest absolute Gasteiger partial charge is 0.319 e. The van der Waals surface area contributed by atoms with Crippen LogP contribution in [0.15, 0.2) is 66.7 Å². The summed E-state index contributed by atoms with van der Waals surface area (Å²) in [6.07, 6.45) is 2.09. The van der Waals surface area contributed by atoms with Crippen molar-refractivity contribution in [2.24, 2.45) is 0 Å². The molecule has 3 aromatic carbocycles. The van der Waals surface area contributed by atoms with Crippen LogP contribution in [0.1, 0.15) is 18.4 Å². The molecule has 8 nitrogen and oxygen atoms in total. The van der Waals surface area contributed by atoms with E-state index in [1.165, 1.54) is 17.0 Å². The van der Waals surface area contributed by atoms with Gasteiger partial charge < -0.3 is 15.5 Å². The first-order valence-corrected chi connectivity index (χ1v) is 13.8. The quantitative estimate of drug-likeness (QED) is 0.406. The van der Waals surface area contributed by atoms with Gasteiger partial charge in [0.05, 0.1) is 11.9 Å². The average molecular weight is 545 g/mol. The van der Waals surface area contributed by atoms with Crippen molar-refractivity contribution < 1.29 is 22.4 Å². The molecule has 0 radical (unpaired) electrons. The van der Waals surface area contributed by atoms with Crippen LogP contribution in [0.5, 0.6) is 0 Å². The number of urea groups is 1. The van der Waals surface area contributed by atoms with Crippen molar-refractivity contribution in [1.82, 2.24) is 10.0 Å². The van der Waals surface area contributed by atoms with Crippen LogP contribution in [0, 0.1) is 5.82 Å². The second kappa shape index (κ2) is 11.3. The van der Waals surface area contributed by atoms with Gasteiger partial charge in [0.15, 0.2) is 0 Å². The molecule has 1 saturated heterocycles. The van der Waals surface area contributed by atoms with E-state index in [2.05, 4.69) is 15.4 Å². The number of nitrogens with one attached hydrogen (secondary N) is 3. The number of amides is 3. The lowest BCUT2D eigenvalue weighted by Gasteiger charge is -2.33. The fraction of sp³-hybridized carbons (Fsp3) is 0.231. The van der Waals surface area contributed by atoms with Crippen molar-refractivity contribution in [3.8, 4) is 11.1 Å². The summed E-state index contributed by atoms with van der Waals surface area (Å²) in [5, 5.41) is 5.86. The van der Waals surface area contributed by atoms with Gasteiger partial charge in [0.2, 0.25) is 15.9 Å². The lowest BCUT2D eigenvalue weighted by Crippen LogP contribution is -2.53. The highest BCUT2D eigenvalue weighted by Crippen LogP contribution is 2.31. The molecule has 0 unspecified atom stereocenters. The fourth-order valence-electron chi connectivity index (χ4n) is 4.17. The van der Waals surface area contributed by atoms with Gasteiger partial charge in [0.1, 0.15) is 11.9 Å². The van der Waals surface area contributed by atoms with E-state index >= 15 is 4.39 Å². The Hall–Kier alpha value is -3.47. The molecule has 3 amide bonds. The third-order valence-electron chi connectivity index (χ3n) is 5.94. The standard InChI is InChI=1S/C26H26ClFN4O4S/c1-37(35,36)29-16-18-5-2-3-6-21(18)17-8-13-24(22(28)15-17)32-14-4-7-23(25(32)33)31-26(34)30-20-11-9-19(27)10-12-20/h2-3,5-6,8-13,15,23,29H,4,7,14,16H2,1H3,(H2,30,31,34)/t23-/m1/s1. The van der Waals surface area contributed by atoms with E-state index in [0.29, 0.717) is 46.8 Å². The summed E-state index contributed by atoms with van der Waals surface area (Å²) in [6, 6.07) is 16.8. The Bertz CT molecular complexity index is 1420. The van der Waals surface area contributed by atoms with Gasteiger partial charge in [0.25, 0.3) is 0 Å². The highest BCUT2D eigenvalue weighted by Gasteiger charge is 2.32. The molecule has 37 heavy (non-hydrogen) atoms. The van der Waals surface area contributed by atoms with Crippen LogP contribution < -0.4 is 20.3 Å². The van der Waals surface area contributed by atoms with E-state index in [1.54, 1.807) is 54.6 Å². The number of benzene rings is 3. The molecular formula is C26H26ClFN4O4S. The molecule has 0 aliphatic carbocycles. The number of carbonyl (C=O) groups is 2. The molecule has 3 aromatic rings. The topological polar surface area (TPSA) is 108 Å². The maximum Gasteiger partial charge on any atom is 0.319 e. The Morgan fingerprint density at radius 2 is 1.84 bits per heavy atom. The predicted molar refractivity (Wildman–Crippen MR) is 143 cm³/mol. The zero-order chi connectivity index (χ0) is 26.6. The minimum absolute atomic E-state index is 0.0639. The van der Waals surface area contributed by atoms with Crippen LogP contribution in [0.4, 0.5) is 20.6 Å². The number of sulfonamides is 1. The van der Waals surface area contributed by atoms with Gasteiger partial charge in [-0.2, -0.15) is 0 Å². The highest BCUT2D eigenvalue weighted by molar-refractivity contribution is 7.88. The summed E-state index contributed by atoms with van der Waals surface area (Å²) < 4.78 is 40.8. The molecule has 4 rings (SSSR count). The minimum atomic E-state index is -3.40. The first-order valence-electron chi connectivity index (χ1n) is 11.6. The Morgan fingerprint density at radius 3 is 2.54 bits per heavy atom. The van der Waals surface area contributed by atoms with Crippen LogP contribution in [0.2, 0.25) is 5.02 Å². The van der Waals surface area contributed by atoms with E-state index in [0.717, 1.165) is 6.26 Å². The summed E-state index contributed by atoms with van der Waals surface area (Å²) >= 11 is 5.86. The highest BCUT2D eigenvalue weighted by atomic mass is 35.5. The molecule has 0 aromatic heterocycles. The molecular weight excluding hydrogens is 519 g/mol.